The van der Waals surface area contributed by atoms with Crippen molar-refractivity contribution in [1.29, 1.82) is 0 Å². The van der Waals surface area contributed by atoms with Crippen molar-refractivity contribution in [3.63, 3.8) is 0 Å². The number of nitrogens with one attached hydrogen (secondary N) is 2. The molecule has 19 heavy (non-hydrogen) atoms. The predicted octanol–water partition coefficient (Wildman–Crippen LogP) is -0.580. The zero-order valence-electron chi connectivity index (χ0n) is 10.1. The van der Waals surface area contributed by atoms with Crippen molar-refractivity contribution in [3.05, 3.63) is 11.4 Å². The summed E-state index contributed by atoms with van der Waals surface area (Å²) in [5, 5.41) is 8.14. The van der Waals surface area contributed by atoms with Crippen LogP contribution in [0.2, 0.25) is 0 Å². The first kappa shape index (κ1) is 15.9. The van der Waals surface area contributed by atoms with Crippen LogP contribution >= 0.6 is 10.7 Å². The van der Waals surface area contributed by atoms with Crippen molar-refractivity contribution in [2.45, 2.75) is 11.8 Å². The van der Waals surface area contributed by atoms with Gasteiger partial charge in [0.25, 0.3) is 15.0 Å². The van der Waals surface area contributed by atoms with Crippen LogP contribution < -0.4 is 5.32 Å². The number of aromatic nitrogens is 2. The summed E-state index contributed by atoms with van der Waals surface area (Å²) < 4.78 is 44.4. The number of amides is 1. The maximum absolute atomic E-state index is 11.7. The molecule has 0 aliphatic heterocycles. The number of sulfone groups is 1. The van der Waals surface area contributed by atoms with Gasteiger partial charge in [-0.15, -0.1) is 0 Å². The van der Waals surface area contributed by atoms with E-state index >= 15 is 0 Å². The molecule has 1 heterocycles. The Hall–Kier alpha value is -1.13. The van der Waals surface area contributed by atoms with Gasteiger partial charge in [-0.2, -0.15) is 5.10 Å². The van der Waals surface area contributed by atoms with E-state index in [1.807, 2.05) is 0 Å². The van der Waals surface area contributed by atoms with Gasteiger partial charge in [-0.25, -0.2) is 16.8 Å². The Balaban J connectivity index is 2.91. The summed E-state index contributed by atoms with van der Waals surface area (Å²) in [6.07, 6.45) is 1.02. The normalized spacial score (nSPS) is 12.4. The van der Waals surface area contributed by atoms with Gasteiger partial charge < -0.3 is 5.32 Å². The molecule has 0 radical (unpaired) electrons. The van der Waals surface area contributed by atoms with E-state index in [4.69, 9.17) is 10.7 Å². The number of carbonyl (C=O) groups is 1. The fraction of sp³-hybridized carbons (Fsp3) is 0.500. The SMILES string of the molecule is Cc1[nH]nc(C(=O)NCCS(C)(=O)=O)c1S(=O)(=O)Cl. The van der Waals surface area contributed by atoms with Crippen molar-refractivity contribution in [2.75, 3.05) is 18.6 Å². The molecule has 0 bridgehead atoms. The molecule has 0 saturated carbocycles. The number of halogens is 1. The zero-order chi connectivity index (χ0) is 14.8. The van der Waals surface area contributed by atoms with Gasteiger partial charge in [0.2, 0.25) is 0 Å². The smallest absolute Gasteiger partial charge is 0.273 e. The molecule has 1 amide bonds. The molecule has 0 aromatic carbocycles. The standard InChI is InChI=1S/C8H12ClN3O5S2/c1-5-7(19(9,16)17)6(12-11-5)8(13)10-3-4-18(2,14)15/h3-4H2,1-2H3,(H,10,13)(H,11,12). The second-order valence-electron chi connectivity index (χ2n) is 3.85. The van der Waals surface area contributed by atoms with E-state index < -0.39 is 29.7 Å². The highest BCUT2D eigenvalue weighted by molar-refractivity contribution is 8.13. The lowest BCUT2D eigenvalue weighted by Gasteiger charge is -2.03. The van der Waals surface area contributed by atoms with Gasteiger partial charge >= 0.3 is 0 Å². The van der Waals surface area contributed by atoms with Crippen LogP contribution in [0.5, 0.6) is 0 Å². The first-order valence-corrected chi connectivity index (χ1v) is 9.35. The number of rotatable bonds is 5. The van der Waals surface area contributed by atoms with Gasteiger partial charge in [0.15, 0.2) is 5.69 Å². The van der Waals surface area contributed by atoms with E-state index in [-0.39, 0.29) is 23.7 Å². The Labute approximate surface area is 114 Å². The van der Waals surface area contributed by atoms with E-state index in [2.05, 4.69) is 15.5 Å². The monoisotopic (exact) mass is 329 g/mol. The zero-order valence-corrected chi connectivity index (χ0v) is 12.5. The van der Waals surface area contributed by atoms with Crippen LogP contribution in [0.3, 0.4) is 0 Å². The molecule has 0 aliphatic carbocycles. The Morgan fingerprint density at radius 1 is 1.37 bits per heavy atom. The lowest BCUT2D eigenvalue weighted by atomic mass is 10.3. The summed E-state index contributed by atoms with van der Waals surface area (Å²) in [6, 6.07) is 0. The average molecular weight is 330 g/mol. The van der Waals surface area contributed by atoms with Crippen LogP contribution in [-0.4, -0.2) is 51.5 Å². The maximum Gasteiger partial charge on any atom is 0.273 e. The summed E-state index contributed by atoms with van der Waals surface area (Å²) in [5.41, 5.74) is -0.260. The Morgan fingerprint density at radius 3 is 2.42 bits per heavy atom. The first-order valence-electron chi connectivity index (χ1n) is 4.98. The molecule has 1 aromatic rings. The number of H-pyrrole nitrogens is 1. The van der Waals surface area contributed by atoms with E-state index in [1.54, 1.807) is 0 Å². The van der Waals surface area contributed by atoms with Crippen molar-refractivity contribution >= 4 is 35.5 Å². The molecular formula is C8H12ClN3O5S2. The van der Waals surface area contributed by atoms with E-state index in [9.17, 15) is 21.6 Å². The number of nitrogens with zero attached hydrogens (tertiary/aromatic N) is 1. The largest absolute Gasteiger partial charge is 0.350 e. The van der Waals surface area contributed by atoms with Crippen LogP contribution in [0.25, 0.3) is 0 Å². The van der Waals surface area contributed by atoms with Crippen LogP contribution in [0.1, 0.15) is 16.2 Å². The summed E-state index contributed by atoms with van der Waals surface area (Å²) in [5.74, 6) is -1.07. The van der Waals surface area contributed by atoms with Gasteiger partial charge in [0.1, 0.15) is 14.7 Å². The molecule has 0 aliphatic rings. The topological polar surface area (TPSA) is 126 Å². The van der Waals surface area contributed by atoms with Gasteiger partial charge in [0, 0.05) is 23.5 Å². The van der Waals surface area contributed by atoms with E-state index in [0.29, 0.717) is 0 Å². The van der Waals surface area contributed by atoms with Crippen LogP contribution in [-0.2, 0) is 18.9 Å². The van der Waals surface area contributed by atoms with Crippen molar-refractivity contribution < 1.29 is 21.6 Å². The average Bonchev–Trinajstić information content (AvgIpc) is 2.57. The number of aromatic amines is 1. The van der Waals surface area contributed by atoms with E-state index in [0.717, 1.165) is 6.26 Å². The first-order chi connectivity index (χ1) is 8.52. The molecule has 0 saturated heterocycles. The molecule has 0 fully saturated rings. The van der Waals surface area contributed by atoms with Crippen LogP contribution in [0, 0.1) is 6.92 Å². The Bertz CT molecular complexity index is 692. The molecule has 1 aromatic heterocycles. The Morgan fingerprint density at radius 2 is 1.95 bits per heavy atom. The van der Waals surface area contributed by atoms with Crippen LogP contribution in [0.4, 0.5) is 0 Å². The fourth-order valence-corrected chi connectivity index (χ4v) is 3.12. The van der Waals surface area contributed by atoms with Gasteiger partial charge in [0.05, 0.1) is 11.4 Å². The molecule has 0 unspecified atom stereocenters. The number of hydrogen-bond donors (Lipinski definition) is 2. The highest BCUT2D eigenvalue weighted by atomic mass is 35.7. The Kier molecular flexibility index (Phi) is 4.59. The summed E-state index contributed by atoms with van der Waals surface area (Å²) in [6.45, 7) is 1.25. The molecule has 108 valence electrons. The third kappa shape index (κ3) is 4.48. The lowest BCUT2D eigenvalue weighted by molar-refractivity contribution is 0.0948. The highest BCUT2D eigenvalue weighted by Gasteiger charge is 2.26. The number of carbonyl (C=O) groups excluding carboxylic acids is 1. The minimum absolute atomic E-state index is 0.128. The third-order valence-corrected chi connectivity index (χ3v) is 4.50. The molecule has 2 N–H and O–H groups in total. The highest BCUT2D eigenvalue weighted by Crippen LogP contribution is 2.21. The van der Waals surface area contributed by atoms with Crippen molar-refractivity contribution in [3.8, 4) is 0 Å². The fourth-order valence-electron chi connectivity index (χ4n) is 1.30. The summed E-state index contributed by atoms with van der Waals surface area (Å²) in [4.78, 5) is 11.3. The van der Waals surface area contributed by atoms with Gasteiger partial charge in [-0.05, 0) is 6.92 Å². The minimum Gasteiger partial charge on any atom is -0.350 e. The number of aryl methyl sites for hydroxylation is 1. The molecule has 8 nitrogen and oxygen atoms in total. The second-order valence-corrected chi connectivity index (χ2v) is 8.61. The molecular weight excluding hydrogens is 318 g/mol. The lowest BCUT2D eigenvalue weighted by Crippen LogP contribution is -2.29. The molecule has 1 rings (SSSR count). The van der Waals surface area contributed by atoms with Crippen LogP contribution in [0.15, 0.2) is 4.90 Å². The summed E-state index contributed by atoms with van der Waals surface area (Å²) in [7, 11) is -2.15. The van der Waals surface area contributed by atoms with Crippen molar-refractivity contribution in [1.82, 2.24) is 15.5 Å². The second kappa shape index (κ2) is 5.47. The third-order valence-electron chi connectivity index (χ3n) is 2.11. The summed E-state index contributed by atoms with van der Waals surface area (Å²) >= 11 is 0. The van der Waals surface area contributed by atoms with Crippen molar-refractivity contribution in [2.24, 2.45) is 0 Å². The van der Waals surface area contributed by atoms with Gasteiger partial charge in [-0.1, -0.05) is 0 Å². The quantitative estimate of drug-likeness (QED) is 0.696. The minimum atomic E-state index is -4.12. The molecule has 0 spiro atoms. The van der Waals surface area contributed by atoms with E-state index in [1.165, 1.54) is 6.92 Å². The number of hydrogen-bond acceptors (Lipinski definition) is 6. The maximum atomic E-state index is 11.7. The molecule has 11 heteroatoms. The van der Waals surface area contributed by atoms with Gasteiger partial charge in [-0.3, -0.25) is 9.89 Å². The predicted molar refractivity (Wildman–Crippen MR) is 68.4 cm³/mol. The molecule has 0 atom stereocenters.